The molecule has 0 aliphatic heterocycles. The third-order valence-electron chi connectivity index (χ3n) is 3.10. The van der Waals surface area contributed by atoms with Gasteiger partial charge in [0.1, 0.15) is 0 Å². The molecule has 0 bridgehead atoms. The van der Waals surface area contributed by atoms with E-state index < -0.39 is 0 Å². The molecule has 0 aliphatic carbocycles. The van der Waals surface area contributed by atoms with E-state index in [0.29, 0.717) is 11.7 Å². The second kappa shape index (κ2) is 5.21. The number of rotatable bonds is 4. The quantitative estimate of drug-likeness (QED) is 0.780. The SMILES string of the molecule is Cc1noc(-c2ccccc2NC(C)c2ccoc2)n1. The molecule has 20 heavy (non-hydrogen) atoms. The molecule has 3 aromatic rings. The number of aryl methyl sites for hydroxylation is 1. The molecule has 5 heteroatoms. The van der Waals surface area contributed by atoms with Crippen LogP contribution in [0.15, 0.2) is 51.8 Å². The van der Waals surface area contributed by atoms with Crippen LogP contribution in [-0.2, 0) is 0 Å². The maximum Gasteiger partial charge on any atom is 0.260 e. The summed E-state index contributed by atoms with van der Waals surface area (Å²) in [5.74, 6) is 1.14. The highest BCUT2D eigenvalue weighted by Gasteiger charge is 2.14. The monoisotopic (exact) mass is 269 g/mol. The molecule has 1 aromatic carbocycles. The minimum atomic E-state index is 0.124. The molecule has 1 N–H and O–H groups in total. The molecular weight excluding hydrogens is 254 g/mol. The van der Waals surface area contributed by atoms with Gasteiger partial charge in [0, 0.05) is 11.3 Å². The third-order valence-corrected chi connectivity index (χ3v) is 3.10. The lowest BCUT2D eigenvalue weighted by Crippen LogP contribution is -2.06. The van der Waals surface area contributed by atoms with Crippen LogP contribution in [0.2, 0.25) is 0 Å². The van der Waals surface area contributed by atoms with Crippen molar-refractivity contribution in [2.24, 2.45) is 0 Å². The normalized spacial score (nSPS) is 12.3. The summed E-state index contributed by atoms with van der Waals surface area (Å²) in [6.07, 6.45) is 3.40. The fourth-order valence-corrected chi connectivity index (χ4v) is 2.04. The number of anilines is 1. The fourth-order valence-electron chi connectivity index (χ4n) is 2.04. The first kappa shape index (κ1) is 12.5. The Morgan fingerprint density at radius 2 is 2.05 bits per heavy atom. The summed E-state index contributed by atoms with van der Waals surface area (Å²) in [6.45, 7) is 3.87. The molecule has 0 spiro atoms. The predicted molar refractivity (Wildman–Crippen MR) is 75.2 cm³/mol. The maximum atomic E-state index is 5.24. The minimum absolute atomic E-state index is 0.124. The molecule has 2 heterocycles. The zero-order valence-electron chi connectivity index (χ0n) is 11.3. The van der Waals surface area contributed by atoms with E-state index in [4.69, 9.17) is 8.94 Å². The highest BCUT2D eigenvalue weighted by Crippen LogP contribution is 2.29. The number of hydrogen-bond acceptors (Lipinski definition) is 5. The Labute approximate surface area is 116 Å². The lowest BCUT2D eigenvalue weighted by molar-refractivity contribution is 0.425. The molecule has 0 amide bonds. The van der Waals surface area contributed by atoms with Crippen LogP contribution >= 0.6 is 0 Å². The largest absolute Gasteiger partial charge is 0.472 e. The van der Waals surface area contributed by atoms with Crippen molar-refractivity contribution in [3.63, 3.8) is 0 Å². The number of nitrogens with zero attached hydrogens (tertiary/aromatic N) is 2. The van der Waals surface area contributed by atoms with Crippen molar-refractivity contribution in [2.75, 3.05) is 5.32 Å². The Kier molecular flexibility index (Phi) is 3.25. The summed E-state index contributed by atoms with van der Waals surface area (Å²) in [6, 6.07) is 9.93. The van der Waals surface area contributed by atoms with Crippen molar-refractivity contribution in [2.45, 2.75) is 19.9 Å². The number of benzene rings is 1. The lowest BCUT2D eigenvalue weighted by atomic mass is 10.1. The highest BCUT2D eigenvalue weighted by molar-refractivity contribution is 5.72. The third kappa shape index (κ3) is 2.42. The van der Waals surface area contributed by atoms with Crippen LogP contribution in [0.3, 0.4) is 0 Å². The molecule has 0 fully saturated rings. The standard InChI is InChI=1S/C15H15N3O2/c1-10(12-7-8-19-9-12)16-14-6-4-3-5-13(14)15-17-11(2)18-20-15/h3-10,16H,1-2H3. The van der Waals surface area contributed by atoms with E-state index in [1.165, 1.54) is 0 Å². The predicted octanol–water partition coefficient (Wildman–Crippen LogP) is 3.81. The minimum Gasteiger partial charge on any atom is -0.472 e. The average Bonchev–Trinajstić information content (AvgIpc) is 3.10. The highest BCUT2D eigenvalue weighted by atomic mass is 16.5. The van der Waals surface area contributed by atoms with Crippen LogP contribution in [0.4, 0.5) is 5.69 Å². The van der Waals surface area contributed by atoms with Crippen LogP contribution in [0.1, 0.15) is 24.4 Å². The van der Waals surface area contributed by atoms with Gasteiger partial charge >= 0.3 is 0 Å². The number of furan rings is 1. The van der Waals surface area contributed by atoms with Gasteiger partial charge in [0.2, 0.25) is 0 Å². The van der Waals surface area contributed by atoms with Crippen molar-refractivity contribution in [1.82, 2.24) is 10.1 Å². The van der Waals surface area contributed by atoms with E-state index in [1.54, 1.807) is 19.5 Å². The van der Waals surface area contributed by atoms with Crippen molar-refractivity contribution < 1.29 is 8.94 Å². The number of aromatic nitrogens is 2. The van der Waals surface area contributed by atoms with Crippen LogP contribution in [0, 0.1) is 6.92 Å². The summed E-state index contributed by atoms with van der Waals surface area (Å²) >= 11 is 0. The smallest absolute Gasteiger partial charge is 0.260 e. The summed E-state index contributed by atoms with van der Waals surface area (Å²) in [4.78, 5) is 4.28. The first-order valence-electron chi connectivity index (χ1n) is 6.42. The van der Waals surface area contributed by atoms with E-state index in [2.05, 4.69) is 22.4 Å². The van der Waals surface area contributed by atoms with E-state index in [9.17, 15) is 0 Å². The Morgan fingerprint density at radius 3 is 2.75 bits per heavy atom. The lowest BCUT2D eigenvalue weighted by Gasteiger charge is -2.15. The van der Waals surface area contributed by atoms with Gasteiger partial charge < -0.3 is 14.3 Å². The fraction of sp³-hybridized carbons (Fsp3) is 0.200. The number of hydrogen-bond donors (Lipinski definition) is 1. The molecule has 0 saturated heterocycles. The summed E-state index contributed by atoms with van der Waals surface area (Å²) in [5.41, 5.74) is 2.93. The van der Waals surface area contributed by atoms with Gasteiger partial charge in [0.15, 0.2) is 5.82 Å². The van der Waals surface area contributed by atoms with Crippen molar-refractivity contribution >= 4 is 5.69 Å². The van der Waals surface area contributed by atoms with E-state index in [1.807, 2.05) is 30.3 Å². The number of nitrogens with one attached hydrogen (secondary N) is 1. The molecule has 0 radical (unpaired) electrons. The second-order valence-corrected chi connectivity index (χ2v) is 4.62. The van der Waals surface area contributed by atoms with Gasteiger partial charge in [-0.25, -0.2) is 0 Å². The molecule has 5 nitrogen and oxygen atoms in total. The average molecular weight is 269 g/mol. The second-order valence-electron chi connectivity index (χ2n) is 4.62. The van der Waals surface area contributed by atoms with E-state index in [-0.39, 0.29) is 6.04 Å². The molecular formula is C15H15N3O2. The summed E-state index contributed by atoms with van der Waals surface area (Å²) < 4.78 is 10.4. The van der Waals surface area contributed by atoms with Gasteiger partial charge in [0.25, 0.3) is 5.89 Å². The Morgan fingerprint density at radius 1 is 1.20 bits per heavy atom. The maximum absolute atomic E-state index is 5.24. The van der Waals surface area contributed by atoms with Crippen LogP contribution in [0.5, 0.6) is 0 Å². The van der Waals surface area contributed by atoms with Crippen molar-refractivity contribution in [3.8, 4) is 11.5 Å². The van der Waals surface area contributed by atoms with Crippen LogP contribution < -0.4 is 5.32 Å². The Hall–Kier alpha value is -2.56. The molecule has 1 unspecified atom stereocenters. The van der Waals surface area contributed by atoms with Gasteiger partial charge in [-0.05, 0) is 32.0 Å². The molecule has 0 aliphatic rings. The van der Waals surface area contributed by atoms with Crippen LogP contribution in [-0.4, -0.2) is 10.1 Å². The van der Waals surface area contributed by atoms with Gasteiger partial charge in [0.05, 0.1) is 24.1 Å². The van der Waals surface area contributed by atoms with Crippen LogP contribution in [0.25, 0.3) is 11.5 Å². The molecule has 102 valence electrons. The summed E-state index contributed by atoms with van der Waals surface area (Å²) in [7, 11) is 0. The Bertz CT molecular complexity index is 689. The molecule has 2 aromatic heterocycles. The van der Waals surface area contributed by atoms with Gasteiger partial charge in [-0.2, -0.15) is 4.98 Å². The first-order chi connectivity index (χ1) is 9.74. The van der Waals surface area contributed by atoms with Gasteiger partial charge in [-0.15, -0.1) is 0 Å². The van der Waals surface area contributed by atoms with Crippen molar-refractivity contribution in [3.05, 3.63) is 54.2 Å². The molecule has 1 atom stereocenters. The van der Waals surface area contributed by atoms with Crippen molar-refractivity contribution in [1.29, 1.82) is 0 Å². The first-order valence-corrected chi connectivity index (χ1v) is 6.42. The summed E-state index contributed by atoms with van der Waals surface area (Å²) in [5, 5.41) is 7.27. The molecule has 0 saturated carbocycles. The topological polar surface area (TPSA) is 64.1 Å². The zero-order chi connectivity index (χ0) is 13.9. The number of para-hydroxylation sites is 1. The van der Waals surface area contributed by atoms with E-state index >= 15 is 0 Å². The van der Waals surface area contributed by atoms with E-state index in [0.717, 1.165) is 16.8 Å². The van der Waals surface area contributed by atoms with Gasteiger partial charge in [-0.1, -0.05) is 17.3 Å². The zero-order valence-corrected chi connectivity index (χ0v) is 11.3. The van der Waals surface area contributed by atoms with Gasteiger partial charge in [-0.3, -0.25) is 0 Å². The Balaban J connectivity index is 1.90. The molecule has 3 rings (SSSR count).